The molecule has 0 spiro atoms. The van der Waals surface area contributed by atoms with E-state index in [-0.39, 0.29) is 29.3 Å². The zero-order valence-electron chi connectivity index (χ0n) is 17.2. The van der Waals surface area contributed by atoms with E-state index in [1.165, 1.54) is 16.7 Å². The molecule has 1 aliphatic rings. The van der Waals surface area contributed by atoms with E-state index in [0.717, 1.165) is 19.3 Å². The van der Waals surface area contributed by atoms with Gasteiger partial charge < -0.3 is 5.32 Å². The molecular formula is C21H28N4O3S. The first kappa shape index (κ1) is 21.4. The molecule has 0 radical (unpaired) electrons. The molecule has 2 heterocycles. The van der Waals surface area contributed by atoms with Gasteiger partial charge in [0.2, 0.25) is 5.91 Å². The molecule has 29 heavy (non-hydrogen) atoms. The van der Waals surface area contributed by atoms with Crippen molar-refractivity contribution >= 4 is 34.6 Å². The monoisotopic (exact) mass is 416 g/mol. The molecule has 3 amide bonds. The molecule has 1 fully saturated rings. The number of para-hydroxylation sites is 1. The van der Waals surface area contributed by atoms with Crippen molar-refractivity contribution in [2.75, 3.05) is 18.8 Å². The van der Waals surface area contributed by atoms with Crippen LogP contribution in [0.2, 0.25) is 0 Å². The lowest BCUT2D eigenvalue weighted by Crippen LogP contribution is -2.35. The van der Waals surface area contributed by atoms with Crippen LogP contribution in [-0.2, 0) is 4.79 Å². The van der Waals surface area contributed by atoms with Gasteiger partial charge in [-0.2, -0.15) is 0 Å². The third-order valence-corrected chi connectivity index (χ3v) is 6.04. The predicted octanol–water partition coefficient (Wildman–Crippen LogP) is 3.43. The maximum absolute atomic E-state index is 13.2. The molecule has 0 unspecified atom stereocenters. The van der Waals surface area contributed by atoms with Crippen LogP contribution in [0.4, 0.5) is 4.79 Å². The third kappa shape index (κ3) is 4.98. The number of carbonyl (C=O) groups excluding carboxylic acids is 2. The van der Waals surface area contributed by atoms with Gasteiger partial charge in [-0.1, -0.05) is 50.6 Å². The number of urea groups is 1. The number of aromatic nitrogens is 2. The van der Waals surface area contributed by atoms with Gasteiger partial charge >= 0.3 is 6.03 Å². The normalized spacial score (nSPS) is 15.2. The summed E-state index contributed by atoms with van der Waals surface area (Å²) < 4.78 is 1.71. The van der Waals surface area contributed by atoms with Gasteiger partial charge in [0.05, 0.1) is 16.7 Å². The van der Waals surface area contributed by atoms with Crippen LogP contribution in [0.25, 0.3) is 10.9 Å². The Kier molecular flexibility index (Phi) is 6.95. The van der Waals surface area contributed by atoms with Crippen molar-refractivity contribution in [3.8, 4) is 0 Å². The number of hydrogen-bond acceptors (Lipinski definition) is 5. The van der Waals surface area contributed by atoms with Gasteiger partial charge in [-0.15, -0.1) is 0 Å². The average molecular weight is 417 g/mol. The van der Waals surface area contributed by atoms with Crippen LogP contribution in [-0.4, -0.2) is 45.2 Å². The van der Waals surface area contributed by atoms with Gasteiger partial charge in [-0.25, -0.2) is 9.78 Å². The zero-order chi connectivity index (χ0) is 21.0. The van der Waals surface area contributed by atoms with Crippen molar-refractivity contribution in [3.63, 3.8) is 0 Å². The lowest BCUT2D eigenvalue weighted by molar-refractivity contribution is -0.124. The number of rotatable bonds is 8. The number of nitrogens with one attached hydrogen (secondary N) is 1. The fraction of sp³-hybridized carbons (Fsp3) is 0.524. The van der Waals surface area contributed by atoms with Crippen LogP contribution in [0, 0.1) is 5.92 Å². The molecule has 0 saturated carbocycles. The Morgan fingerprint density at radius 3 is 2.66 bits per heavy atom. The summed E-state index contributed by atoms with van der Waals surface area (Å²) in [5.41, 5.74) is 0.540. The van der Waals surface area contributed by atoms with Crippen molar-refractivity contribution in [1.82, 2.24) is 19.8 Å². The summed E-state index contributed by atoms with van der Waals surface area (Å²) in [6, 6.07) is 6.90. The van der Waals surface area contributed by atoms with E-state index in [9.17, 15) is 14.4 Å². The number of thioether (sulfide) groups is 1. The van der Waals surface area contributed by atoms with Crippen molar-refractivity contribution < 1.29 is 9.59 Å². The fourth-order valence-corrected chi connectivity index (χ4v) is 4.45. The quantitative estimate of drug-likeness (QED) is 0.526. The largest absolute Gasteiger partial charge is 0.336 e. The molecule has 1 N–H and O–H groups in total. The maximum atomic E-state index is 13.2. The van der Waals surface area contributed by atoms with Crippen LogP contribution < -0.4 is 10.9 Å². The maximum Gasteiger partial charge on any atom is 0.324 e. The first-order valence-corrected chi connectivity index (χ1v) is 11.1. The number of hydrogen-bond donors (Lipinski definition) is 1. The SMILES string of the molecule is CC(C)CCC[C@@H](C)n1c(SCC(=O)N2CCNC2=O)nc2ccccc2c1=O. The molecule has 1 aromatic heterocycles. The Morgan fingerprint density at radius 2 is 1.97 bits per heavy atom. The number of fused-ring (bicyclic) bond motifs is 1. The zero-order valence-corrected chi connectivity index (χ0v) is 18.0. The Hall–Kier alpha value is -2.35. The van der Waals surface area contributed by atoms with Gasteiger partial charge in [-0.3, -0.25) is 19.1 Å². The van der Waals surface area contributed by atoms with Crippen LogP contribution >= 0.6 is 11.8 Å². The standard InChI is InChI=1S/C21H28N4O3S/c1-14(2)7-6-8-15(3)25-19(27)16-9-4-5-10-17(16)23-21(25)29-13-18(26)24-12-11-22-20(24)28/h4-5,9-10,14-15H,6-8,11-13H2,1-3H3,(H,22,28)/t15-/m1/s1. The van der Waals surface area contributed by atoms with Gasteiger partial charge in [-0.05, 0) is 31.4 Å². The highest BCUT2D eigenvalue weighted by Crippen LogP contribution is 2.24. The summed E-state index contributed by atoms with van der Waals surface area (Å²) >= 11 is 1.22. The van der Waals surface area contributed by atoms with E-state index >= 15 is 0 Å². The van der Waals surface area contributed by atoms with E-state index in [4.69, 9.17) is 0 Å². The average Bonchev–Trinajstić information content (AvgIpc) is 3.12. The molecule has 156 valence electrons. The number of carbonyl (C=O) groups is 2. The molecule has 8 heteroatoms. The Bertz CT molecular complexity index is 957. The molecular weight excluding hydrogens is 388 g/mol. The second-order valence-corrected chi connectivity index (χ2v) is 8.77. The van der Waals surface area contributed by atoms with E-state index in [1.807, 2.05) is 25.1 Å². The minimum Gasteiger partial charge on any atom is -0.336 e. The summed E-state index contributed by atoms with van der Waals surface area (Å²) in [5.74, 6) is 0.412. The molecule has 1 aliphatic heterocycles. The molecule has 7 nitrogen and oxygen atoms in total. The van der Waals surface area contributed by atoms with E-state index in [2.05, 4.69) is 24.1 Å². The fourth-order valence-electron chi connectivity index (χ4n) is 3.48. The van der Waals surface area contributed by atoms with Crippen LogP contribution in [0.15, 0.2) is 34.2 Å². The van der Waals surface area contributed by atoms with Crippen LogP contribution in [0.3, 0.4) is 0 Å². The van der Waals surface area contributed by atoms with Gasteiger partial charge in [0.1, 0.15) is 0 Å². The summed E-state index contributed by atoms with van der Waals surface area (Å²) in [7, 11) is 0. The third-order valence-electron chi connectivity index (χ3n) is 5.10. The lowest BCUT2D eigenvalue weighted by atomic mass is 10.0. The van der Waals surface area contributed by atoms with Crippen molar-refractivity contribution in [3.05, 3.63) is 34.6 Å². The summed E-state index contributed by atoms with van der Waals surface area (Å²) in [5, 5.41) is 3.74. The molecule has 1 saturated heterocycles. The van der Waals surface area contributed by atoms with Crippen molar-refractivity contribution in [2.24, 2.45) is 5.92 Å². The highest BCUT2D eigenvalue weighted by molar-refractivity contribution is 7.99. The molecule has 1 aromatic carbocycles. The molecule has 0 aliphatic carbocycles. The number of amides is 3. The molecule has 0 bridgehead atoms. The molecule has 2 aromatic rings. The summed E-state index contributed by atoms with van der Waals surface area (Å²) in [6.45, 7) is 7.26. The summed E-state index contributed by atoms with van der Waals surface area (Å²) in [6.07, 6.45) is 2.99. The first-order valence-electron chi connectivity index (χ1n) is 10.1. The number of nitrogens with zero attached hydrogens (tertiary/aromatic N) is 3. The second kappa shape index (κ2) is 9.43. The summed E-state index contributed by atoms with van der Waals surface area (Å²) in [4.78, 5) is 43.2. The second-order valence-electron chi connectivity index (χ2n) is 7.83. The van der Waals surface area contributed by atoms with Crippen molar-refractivity contribution in [2.45, 2.75) is 51.2 Å². The topological polar surface area (TPSA) is 84.3 Å². The smallest absolute Gasteiger partial charge is 0.324 e. The Balaban J connectivity index is 1.86. The lowest BCUT2D eigenvalue weighted by Gasteiger charge is -2.20. The van der Waals surface area contributed by atoms with Crippen molar-refractivity contribution in [1.29, 1.82) is 0 Å². The highest BCUT2D eigenvalue weighted by Gasteiger charge is 2.26. The van der Waals surface area contributed by atoms with E-state index in [1.54, 1.807) is 10.6 Å². The highest BCUT2D eigenvalue weighted by atomic mass is 32.2. The van der Waals surface area contributed by atoms with Crippen LogP contribution in [0.1, 0.15) is 46.1 Å². The van der Waals surface area contributed by atoms with Crippen LogP contribution in [0.5, 0.6) is 0 Å². The van der Waals surface area contributed by atoms with E-state index < -0.39 is 0 Å². The minimum atomic E-state index is -0.360. The molecule has 1 atom stereocenters. The van der Waals surface area contributed by atoms with Gasteiger partial charge in [0, 0.05) is 19.1 Å². The van der Waals surface area contributed by atoms with E-state index in [0.29, 0.717) is 35.1 Å². The van der Waals surface area contributed by atoms with Gasteiger partial charge in [0.25, 0.3) is 5.56 Å². The molecule has 3 rings (SSSR count). The van der Waals surface area contributed by atoms with Gasteiger partial charge in [0.15, 0.2) is 5.16 Å². The minimum absolute atomic E-state index is 0.0222. The Morgan fingerprint density at radius 1 is 1.21 bits per heavy atom. The number of benzene rings is 1. The first-order chi connectivity index (χ1) is 13.9. The number of imide groups is 1. The predicted molar refractivity (Wildman–Crippen MR) is 115 cm³/mol. The Labute approximate surface area is 174 Å².